The van der Waals surface area contributed by atoms with E-state index in [1.165, 1.54) is 35.2 Å². The average molecular weight is 561 g/mol. The summed E-state index contributed by atoms with van der Waals surface area (Å²) in [4.78, 5) is 30.1. The Morgan fingerprint density at radius 2 is 1.74 bits per heavy atom. The molecule has 7 rings (SSSR count). The van der Waals surface area contributed by atoms with Crippen LogP contribution in [0.1, 0.15) is 104 Å². The van der Waals surface area contributed by atoms with E-state index >= 15 is 0 Å². The van der Waals surface area contributed by atoms with Gasteiger partial charge in [0, 0.05) is 48.3 Å². The second-order valence-electron chi connectivity index (χ2n) is 14.3. The maximum Gasteiger partial charge on any atom is 0.143 e. The smallest absolute Gasteiger partial charge is 0.143 e. The van der Waals surface area contributed by atoms with Crippen molar-refractivity contribution in [2.75, 3.05) is 0 Å². The van der Waals surface area contributed by atoms with Gasteiger partial charge in [0.25, 0.3) is 0 Å². The van der Waals surface area contributed by atoms with Gasteiger partial charge in [-0.2, -0.15) is 0 Å². The maximum absolute atomic E-state index is 12.7. The van der Waals surface area contributed by atoms with Gasteiger partial charge in [0.2, 0.25) is 0 Å². The van der Waals surface area contributed by atoms with Gasteiger partial charge in [0.1, 0.15) is 17.3 Å². The monoisotopic (exact) mass is 560 g/mol. The van der Waals surface area contributed by atoms with Crippen LogP contribution < -0.4 is 0 Å². The highest BCUT2D eigenvalue weighted by molar-refractivity contribution is 6.05. The highest BCUT2D eigenvalue weighted by Gasteiger charge is 2.46. The van der Waals surface area contributed by atoms with E-state index in [-0.39, 0.29) is 23.5 Å². The number of aliphatic imine (C=N–C) groups is 1. The molecule has 3 aliphatic carbocycles. The molecule has 0 amide bonds. The lowest BCUT2D eigenvalue weighted by Crippen LogP contribution is -2.12. The fourth-order valence-corrected chi connectivity index (χ4v) is 6.62. The van der Waals surface area contributed by atoms with Crippen molar-refractivity contribution in [2.45, 2.75) is 96.3 Å². The molecule has 2 fully saturated rings. The standard InChI is InChI=1S/C37H40N2O3/c1-36(2,3)35-20-28(39-42-35)19-29(40)17-23-4-7-25(8-5-23)32-21-31-30-11-6-24(16-27(30)18-33(31)38-32)12-13-37(14-15-37)22-34(41)26-9-10-26/h4-8,11,16,20-21,26,31H,9-10,12-15,17-19,22H2,1-3H3. The van der Waals surface area contributed by atoms with E-state index in [1.807, 2.05) is 18.2 Å². The fraction of sp³-hybridized carbons (Fsp3) is 0.459. The van der Waals surface area contributed by atoms with Gasteiger partial charge in [0.15, 0.2) is 0 Å². The van der Waals surface area contributed by atoms with Crippen molar-refractivity contribution in [3.05, 3.63) is 93.9 Å². The first kappa shape index (κ1) is 27.2. The number of ketones is 2. The van der Waals surface area contributed by atoms with E-state index in [9.17, 15) is 9.59 Å². The van der Waals surface area contributed by atoms with Crippen LogP contribution >= 0.6 is 0 Å². The van der Waals surface area contributed by atoms with Gasteiger partial charge in [-0.15, -0.1) is 0 Å². The largest absolute Gasteiger partial charge is 0.361 e. The van der Waals surface area contributed by atoms with E-state index in [0.29, 0.717) is 29.2 Å². The molecular weight excluding hydrogens is 520 g/mol. The minimum Gasteiger partial charge on any atom is -0.361 e. The van der Waals surface area contributed by atoms with Crippen LogP contribution in [0.4, 0.5) is 0 Å². The highest BCUT2D eigenvalue weighted by Crippen LogP contribution is 2.54. The van der Waals surface area contributed by atoms with E-state index < -0.39 is 0 Å². The zero-order valence-electron chi connectivity index (χ0n) is 25.0. The number of aromatic nitrogens is 1. The number of benzene rings is 2. The number of Topliss-reactive ketones (excluding diaryl/α,β-unsaturated/α-hetero) is 2. The summed E-state index contributed by atoms with van der Waals surface area (Å²) in [5.74, 6) is 2.10. The van der Waals surface area contributed by atoms with Crippen LogP contribution in [0, 0.1) is 11.3 Å². The Labute approximate surface area is 248 Å². The van der Waals surface area contributed by atoms with Gasteiger partial charge < -0.3 is 4.52 Å². The van der Waals surface area contributed by atoms with E-state index in [2.05, 4.69) is 62.3 Å². The van der Waals surface area contributed by atoms with Gasteiger partial charge >= 0.3 is 0 Å². The molecule has 5 heteroatoms. The number of rotatable bonds is 11. The van der Waals surface area contributed by atoms with E-state index in [1.54, 1.807) is 0 Å². The molecule has 0 radical (unpaired) electrons. The number of fused-ring (bicyclic) bond motifs is 3. The highest BCUT2D eigenvalue weighted by atomic mass is 16.5. The van der Waals surface area contributed by atoms with Crippen LogP contribution in [0.15, 0.2) is 64.1 Å². The molecule has 5 nitrogen and oxygen atoms in total. The molecular formula is C37H40N2O3. The SMILES string of the molecule is CC(C)(C)c1cc(CC(=O)Cc2ccc(C3=CC4C(=N3)Cc3cc(CCC5(CC(=O)C6CC6)CC5)ccc34)cc2)no1. The van der Waals surface area contributed by atoms with Gasteiger partial charge in [-0.25, -0.2) is 0 Å². The van der Waals surface area contributed by atoms with Crippen molar-refractivity contribution in [3.8, 4) is 0 Å². The molecule has 1 atom stereocenters. The van der Waals surface area contributed by atoms with Crippen molar-refractivity contribution < 1.29 is 14.1 Å². The predicted molar refractivity (Wildman–Crippen MR) is 165 cm³/mol. The lowest BCUT2D eigenvalue weighted by atomic mass is 9.89. The van der Waals surface area contributed by atoms with Crippen molar-refractivity contribution in [2.24, 2.45) is 16.3 Å². The summed E-state index contributed by atoms with van der Waals surface area (Å²) in [5, 5.41) is 4.09. The number of hydrogen-bond donors (Lipinski definition) is 0. The molecule has 2 heterocycles. The Morgan fingerprint density at radius 3 is 2.43 bits per heavy atom. The first-order chi connectivity index (χ1) is 20.1. The molecule has 42 heavy (non-hydrogen) atoms. The molecule has 4 aliphatic rings. The van der Waals surface area contributed by atoms with Crippen LogP contribution in [0.5, 0.6) is 0 Å². The van der Waals surface area contributed by atoms with Crippen molar-refractivity contribution in [3.63, 3.8) is 0 Å². The molecule has 0 spiro atoms. The quantitative estimate of drug-likeness (QED) is 0.243. The molecule has 1 aliphatic heterocycles. The van der Waals surface area contributed by atoms with Crippen LogP contribution in [0.25, 0.3) is 5.70 Å². The van der Waals surface area contributed by atoms with E-state index in [4.69, 9.17) is 9.52 Å². The molecule has 0 N–H and O–H groups in total. The summed E-state index contributed by atoms with van der Waals surface area (Å²) >= 11 is 0. The van der Waals surface area contributed by atoms with Crippen LogP contribution in [0.3, 0.4) is 0 Å². The van der Waals surface area contributed by atoms with Gasteiger partial charge in [-0.1, -0.05) is 68.4 Å². The summed E-state index contributed by atoms with van der Waals surface area (Å²) in [6.45, 7) is 6.21. The lowest BCUT2D eigenvalue weighted by molar-refractivity contribution is -0.121. The molecule has 1 unspecified atom stereocenters. The third-order valence-corrected chi connectivity index (χ3v) is 9.67. The van der Waals surface area contributed by atoms with Gasteiger partial charge in [0.05, 0.1) is 17.8 Å². The number of aryl methyl sites for hydroxylation is 1. The van der Waals surface area contributed by atoms with Crippen LogP contribution in [0.2, 0.25) is 0 Å². The minimum absolute atomic E-state index is 0.122. The number of carbonyl (C=O) groups excluding carboxylic acids is 2. The summed E-state index contributed by atoms with van der Waals surface area (Å²) in [6, 6.07) is 17.1. The number of allylic oxidation sites excluding steroid dienone is 1. The number of carbonyl (C=O) groups is 2. The minimum atomic E-state index is -0.122. The molecule has 2 aromatic carbocycles. The maximum atomic E-state index is 12.7. The molecule has 216 valence electrons. The van der Waals surface area contributed by atoms with Crippen LogP contribution in [-0.4, -0.2) is 22.4 Å². The van der Waals surface area contributed by atoms with Crippen molar-refractivity contribution in [1.82, 2.24) is 5.16 Å². The Balaban J connectivity index is 0.951. The second kappa shape index (κ2) is 10.3. The van der Waals surface area contributed by atoms with E-state index in [0.717, 1.165) is 61.1 Å². The second-order valence-corrected chi connectivity index (χ2v) is 14.3. The molecule has 1 aromatic heterocycles. The zero-order valence-corrected chi connectivity index (χ0v) is 25.0. The van der Waals surface area contributed by atoms with Gasteiger partial charge in [-0.05, 0) is 77.8 Å². The van der Waals surface area contributed by atoms with Crippen molar-refractivity contribution in [1.29, 1.82) is 0 Å². The number of nitrogens with zero attached hydrogens (tertiary/aromatic N) is 2. The molecule has 3 aromatic rings. The third kappa shape index (κ3) is 5.71. The first-order valence-electron chi connectivity index (χ1n) is 15.6. The molecule has 0 saturated heterocycles. The average Bonchev–Trinajstić information content (AvgIpc) is 3.81. The third-order valence-electron chi connectivity index (χ3n) is 9.67. The van der Waals surface area contributed by atoms with Gasteiger partial charge in [-0.3, -0.25) is 14.6 Å². The van der Waals surface area contributed by atoms with Crippen LogP contribution in [-0.2, 0) is 40.7 Å². The topological polar surface area (TPSA) is 72.5 Å². The molecule has 2 saturated carbocycles. The summed E-state index contributed by atoms with van der Waals surface area (Å²) in [5.41, 5.74) is 9.39. The summed E-state index contributed by atoms with van der Waals surface area (Å²) in [7, 11) is 0. The lowest BCUT2D eigenvalue weighted by Gasteiger charge is -2.15. The Kier molecular flexibility index (Phi) is 6.67. The predicted octanol–water partition coefficient (Wildman–Crippen LogP) is 7.54. The Hall–Kier alpha value is -3.60. The molecule has 0 bridgehead atoms. The van der Waals surface area contributed by atoms with Crippen molar-refractivity contribution >= 4 is 23.0 Å². The normalized spacial score (nSPS) is 20.1. The summed E-state index contributed by atoms with van der Waals surface area (Å²) < 4.78 is 5.43. The summed E-state index contributed by atoms with van der Waals surface area (Å²) in [6.07, 6.45) is 11.6. The zero-order chi connectivity index (χ0) is 29.1. The number of hydrogen-bond acceptors (Lipinski definition) is 5. The fourth-order valence-electron chi connectivity index (χ4n) is 6.62. The Morgan fingerprint density at radius 1 is 0.976 bits per heavy atom. The Bertz CT molecular complexity index is 1610. The first-order valence-corrected chi connectivity index (χ1v) is 15.6.